The number of amides is 1. The number of allylic oxidation sites excluding steroid dienone is 3. The Morgan fingerprint density at radius 1 is 1.19 bits per heavy atom. The molecule has 1 saturated heterocycles. The third-order valence-corrected chi connectivity index (χ3v) is 5.36. The second kappa shape index (κ2) is 10.6. The third kappa shape index (κ3) is 5.81. The lowest BCUT2D eigenvalue weighted by atomic mass is 9.99. The largest absolute Gasteiger partial charge is 0.366 e. The number of carbonyl (C=O) groups excluding carboxylic acids is 1. The summed E-state index contributed by atoms with van der Waals surface area (Å²) in [5.41, 5.74) is 2.46. The third-order valence-electron chi connectivity index (χ3n) is 5.36. The van der Waals surface area contributed by atoms with Crippen molar-refractivity contribution in [2.24, 2.45) is 5.92 Å². The Bertz CT molecular complexity index is 962. The maximum absolute atomic E-state index is 13.1. The summed E-state index contributed by atoms with van der Waals surface area (Å²) in [5, 5.41) is 6.32. The fourth-order valence-corrected chi connectivity index (χ4v) is 3.53. The molecule has 5 nitrogen and oxygen atoms in total. The average molecular weight is 421 g/mol. The molecule has 2 N–H and O–H groups in total. The van der Waals surface area contributed by atoms with E-state index in [2.05, 4.69) is 28.7 Å². The number of anilines is 3. The predicted octanol–water partition coefficient (Wildman–Crippen LogP) is 5.31. The van der Waals surface area contributed by atoms with Crippen molar-refractivity contribution in [2.45, 2.75) is 26.3 Å². The number of hydrogen-bond donors (Lipinski definition) is 2. The minimum Gasteiger partial charge on any atom is -0.366 e. The number of rotatable bonds is 9. The summed E-state index contributed by atoms with van der Waals surface area (Å²) >= 11 is 0. The molecule has 1 atom stereocenters. The van der Waals surface area contributed by atoms with Crippen LogP contribution in [0.3, 0.4) is 0 Å². The van der Waals surface area contributed by atoms with Gasteiger partial charge in [0.1, 0.15) is 11.6 Å². The minimum absolute atomic E-state index is 0.123. The van der Waals surface area contributed by atoms with Crippen molar-refractivity contribution in [3.05, 3.63) is 84.7 Å². The zero-order chi connectivity index (χ0) is 22.2. The van der Waals surface area contributed by atoms with Gasteiger partial charge >= 0.3 is 0 Å². The van der Waals surface area contributed by atoms with Crippen LogP contribution in [0, 0.1) is 11.7 Å². The molecule has 0 aliphatic carbocycles. The van der Waals surface area contributed by atoms with Gasteiger partial charge < -0.3 is 15.5 Å². The van der Waals surface area contributed by atoms with Crippen molar-refractivity contribution < 1.29 is 9.18 Å². The molecule has 0 saturated carbocycles. The number of nitrogens with one attached hydrogen (secondary N) is 2. The van der Waals surface area contributed by atoms with Gasteiger partial charge in [0.05, 0.1) is 11.6 Å². The number of pyridine rings is 1. The second-order valence-electron chi connectivity index (χ2n) is 7.56. The van der Waals surface area contributed by atoms with Crippen molar-refractivity contribution in [2.75, 3.05) is 28.6 Å². The summed E-state index contributed by atoms with van der Waals surface area (Å²) in [6, 6.07) is 10.1. The number of carbonyl (C=O) groups is 1. The fourth-order valence-electron chi connectivity index (χ4n) is 3.53. The van der Waals surface area contributed by atoms with Crippen LogP contribution in [0.25, 0.3) is 0 Å². The number of nitrogens with zero attached hydrogens (tertiary/aromatic N) is 2. The van der Waals surface area contributed by atoms with Crippen LogP contribution in [-0.4, -0.2) is 24.0 Å². The van der Waals surface area contributed by atoms with Crippen LogP contribution in [-0.2, 0) is 11.3 Å². The van der Waals surface area contributed by atoms with E-state index in [1.54, 1.807) is 30.4 Å². The van der Waals surface area contributed by atoms with Gasteiger partial charge in [0.15, 0.2) is 5.82 Å². The summed E-state index contributed by atoms with van der Waals surface area (Å²) in [6.45, 7) is 11.7. The highest BCUT2D eigenvalue weighted by Crippen LogP contribution is 2.29. The van der Waals surface area contributed by atoms with Gasteiger partial charge in [0.2, 0.25) is 5.91 Å². The highest BCUT2D eigenvalue weighted by atomic mass is 19.1. The minimum atomic E-state index is -0.363. The van der Waals surface area contributed by atoms with Crippen LogP contribution in [0.4, 0.5) is 21.7 Å². The molecule has 3 rings (SSSR count). The predicted molar refractivity (Wildman–Crippen MR) is 126 cm³/mol. The monoisotopic (exact) mass is 420 g/mol. The molecule has 1 aromatic carbocycles. The summed E-state index contributed by atoms with van der Waals surface area (Å²) in [4.78, 5) is 19.8. The van der Waals surface area contributed by atoms with Gasteiger partial charge in [-0.3, -0.25) is 4.79 Å². The van der Waals surface area contributed by atoms with E-state index in [0.29, 0.717) is 18.1 Å². The van der Waals surface area contributed by atoms with Gasteiger partial charge in [-0.25, -0.2) is 9.37 Å². The molecule has 162 valence electrons. The molecule has 1 aromatic heterocycles. The van der Waals surface area contributed by atoms with E-state index in [0.717, 1.165) is 42.9 Å². The maximum atomic E-state index is 13.1. The topological polar surface area (TPSA) is 57.3 Å². The highest BCUT2D eigenvalue weighted by Gasteiger charge is 2.22. The summed E-state index contributed by atoms with van der Waals surface area (Å²) in [5.74, 6) is 0.723. The molecule has 1 aliphatic rings. The molecule has 0 radical (unpaired) electrons. The Kier molecular flexibility index (Phi) is 7.60. The number of benzene rings is 1. The molecule has 31 heavy (non-hydrogen) atoms. The van der Waals surface area contributed by atoms with Gasteiger partial charge in [-0.15, -0.1) is 0 Å². The molecule has 0 bridgehead atoms. The number of halogens is 1. The molecule has 1 amide bonds. The molecule has 0 unspecified atom stereocenters. The van der Waals surface area contributed by atoms with Crippen LogP contribution < -0.4 is 15.5 Å². The molecular weight excluding hydrogens is 391 g/mol. The van der Waals surface area contributed by atoms with E-state index >= 15 is 0 Å². The molecular formula is C25H29FN4O. The first-order chi connectivity index (χ1) is 15.0. The second-order valence-corrected chi connectivity index (χ2v) is 7.56. The Labute approximate surface area is 183 Å². The van der Waals surface area contributed by atoms with Gasteiger partial charge in [-0.1, -0.05) is 43.5 Å². The average Bonchev–Trinajstić information content (AvgIpc) is 3.32. The SMILES string of the molecule is C=C/C=C(\C=C)[C@H](C)C(=O)Nc1ccc(NCc2ccc(F)cc2)nc1N1CCCC1. The quantitative estimate of drug-likeness (QED) is 0.540. The van der Waals surface area contributed by atoms with E-state index in [-0.39, 0.29) is 17.6 Å². The maximum Gasteiger partial charge on any atom is 0.231 e. The van der Waals surface area contributed by atoms with Crippen molar-refractivity contribution in [3.8, 4) is 0 Å². The van der Waals surface area contributed by atoms with Gasteiger partial charge in [0, 0.05) is 19.6 Å². The van der Waals surface area contributed by atoms with Crippen LogP contribution in [0.2, 0.25) is 0 Å². The van der Waals surface area contributed by atoms with Gasteiger partial charge in [0.25, 0.3) is 0 Å². The first-order valence-corrected chi connectivity index (χ1v) is 10.5. The number of hydrogen-bond acceptors (Lipinski definition) is 4. The van der Waals surface area contributed by atoms with Crippen LogP contribution in [0.15, 0.2) is 73.4 Å². The Morgan fingerprint density at radius 2 is 1.90 bits per heavy atom. The van der Waals surface area contributed by atoms with E-state index in [1.807, 2.05) is 19.1 Å². The summed E-state index contributed by atoms with van der Waals surface area (Å²) < 4.78 is 13.1. The van der Waals surface area contributed by atoms with Crippen LogP contribution in [0.1, 0.15) is 25.3 Å². The zero-order valence-electron chi connectivity index (χ0n) is 17.9. The molecule has 6 heteroatoms. The van der Waals surface area contributed by atoms with Gasteiger partial charge in [-0.05, 0) is 55.2 Å². The Hall–Kier alpha value is -3.41. The summed E-state index contributed by atoms with van der Waals surface area (Å²) in [7, 11) is 0. The Morgan fingerprint density at radius 3 is 2.55 bits per heavy atom. The van der Waals surface area contributed by atoms with E-state index in [1.165, 1.54) is 12.1 Å². The molecule has 2 aromatic rings. The first-order valence-electron chi connectivity index (χ1n) is 10.5. The van der Waals surface area contributed by atoms with Crippen molar-refractivity contribution in [1.82, 2.24) is 4.98 Å². The fraction of sp³-hybridized carbons (Fsp3) is 0.280. The normalized spacial score (nSPS) is 14.8. The first kappa shape index (κ1) is 22.3. The highest BCUT2D eigenvalue weighted by molar-refractivity contribution is 5.97. The standard InChI is InChI=1S/C25H29FN4O/c1-4-8-20(5-2)18(3)25(31)28-22-13-14-23(29-24(22)30-15-6-7-16-30)27-17-19-9-11-21(26)12-10-19/h4-5,8-14,18H,1-2,6-7,15-17H2,3H3,(H,27,29)(H,28,31)/b20-8+/t18-/m0/s1. The van der Waals surface area contributed by atoms with E-state index in [9.17, 15) is 9.18 Å². The van der Waals surface area contributed by atoms with E-state index in [4.69, 9.17) is 4.98 Å². The molecule has 2 heterocycles. The smallest absolute Gasteiger partial charge is 0.231 e. The molecule has 1 fully saturated rings. The van der Waals surface area contributed by atoms with Crippen LogP contribution in [0.5, 0.6) is 0 Å². The molecule has 1 aliphatic heterocycles. The number of aromatic nitrogens is 1. The van der Waals surface area contributed by atoms with Crippen LogP contribution >= 0.6 is 0 Å². The van der Waals surface area contributed by atoms with Crippen molar-refractivity contribution in [3.63, 3.8) is 0 Å². The lowest BCUT2D eigenvalue weighted by Crippen LogP contribution is -2.25. The lowest BCUT2D eigenvalue weighted by molar-refractivity contribution is -0.118. The van der Waals surface area contributed by atoms with Crippen molar-refractivity contribution >= 4 is 23.2 Å². The zero-order valence-corrected chi connectivity index (χ0v) is 17.9. The van der Waals surface area contributed by atoms with Crippen molar-refractivity contribution in [1.29, 1.82) is 0 Å². The van der Waals surface area contributed by atoms with E-state index < -0.39 is 0 Å². The summed E-state index contributed by atoms with van der Waals surface area (Å²) in [6.07, 6.45) is 7.32. The van der Waals surface area contributed by atoms with Gasteiger partial charge in [-0.2, -0.15) is 0 Å². The lowest BCUT2D eigenvalue weighted by Gasteiger charge is -2.22. The Balaban J connectivity index is 1.78. The molecule has 0 spiro atoms.